The second-order valence-corrected chi connectivity index (χ2v) is 8.44. The lowest BCUT2D eigenvalue weighted by Gasteiger charge is -2.52. The summed E-state index contributed by atoms with van der Waals surface area (Å²) in [5, 5.41) is 39.6. The van der Waals surface area contributed by atoms with Crippen molar-refractivity contribution in [2.24, 2.45) is 16.7 Å². The Morgan fingerprint density at radius 2 is 1.72 bits per heavy atom. The Bertz CT molecular complexity index is 926. The van der Waals surface area contributed by atoms with Gasteiger partial charge in [0, 0.05) is 12.3 Å². The summed E-state index contributed by atoms with van der Waals surface area (Å²) < 4.78 is 12.6. The Balaban J connectivity index is 1.93. The van der Waals surface area contributed by atoms with Crippen molar-refractivity contribution in [1.29, 1.82) is 21.2 Å². The van der Waals surface area contributed by atoms with Gasteiger partial charge < -0.3 is 9.47 Å². The van der Waals surface area contributed by atoms with Crippen LogP contribution in [0.3, 0.4) is 0 Å². The number of hydrogen-bond acceptors (Lipinski definition) is 6. The summed E-state index contributed by atoms with van der Waals surface area (Å²) in [6.45, 7) is 1.91. The second kappa shape index (κ2) is 6.87. The van der Waals surface area contributed by atoms with Gasteiger partial charge in [0.25, 0.3) is 0 Å². The van der Waals surface area contributed by atoms with Crippen LogP contribution < -0.4 is 0 Å². The first-order chi connectivity index (χ1) is 14.0. The van der Waals surface area contributed by atoms with Crippen LogP contribution in [0, 0.1) is 56.2 Å². The van der Waals surface area contributed by atoms with E-state index in [1.165, 1.54) is 0 Å². The number of ether oxygens (including phenoxy) is 2. The van der Waals surface area contributed by atoms with Crippen LogP contribution in [0.1, 0.15) is 56.9 Å². The lowest BCUT2D eigenvalue weighted by atomic mass is 9.51. The molecule has 0 amide bonds. The summed E-state index contributed by atoms with van der Waals surface area (Å²) >= 11 is 0. The van der Waals surface area contributed by atoms with E-state index in [0.717, 1.165) is 31.2 Å². The Morgan fingerprint density at radius 3 is 2.38 bits per heavy atom. The fourth-order valence-electron chi connectivity index (χ4n) is 5.65. The molecule has 148 valence electrons. The second-order valence-electron chi connectivity index (χ2n) is 8.44. The molecule has 4 rings (SSSR count). The third kappa shape index (κ3) is 2.38. The molecule has 5 atom stereocenters. The van der Waals surface area contributed by atoms with E-state index in [9.17, 15) is 15.8 Å². The first-order valence-electron chi connectivity index (χ1n) is 10.3. The maximum absolute atomic E-state index is 10.4. The summed E-state index contributed by atoms with van der Waals surface area (Å²) in [5.74, 6) is -2.21. The summed E-state index contributed by atoms with van der Waals surface area (Å²) in [7, 11) is 0. The van der Waals surface area contributed by atoms with Gasteiger partial charge in [-0.2, -0.15) is 15.8 Å². The summed E-state index contributed by atoms with van der Waals surface area (Å²) in [6, 6.07) is 16.1. The largest absolute Gasteiger partial charge is 0.447 e. The molecule has 2 saturated heterocycles. The van der Waals surface area contributed by atoms with E-state index in [1.807, 2.05) is 37.3 Å². The number of nitrogens with zero attached hydrogens (tertiary/aromatic N) is 3. The molecule has 2 bridgehead atoms. The van der Waals surface area contributed by atoms with Crippen LogP contribution in [-0.4, -0.2) is 17.8 Å². The van der Waals surface area contributed by atoms with Crippen LogP contribution in [0.5, 0.6) is 0 Å². The molecular weight excluding hydrogens is 364 g/mol. The lowest BCUT2D eigenvalue weighted by Crippen LogP contribution is -2.63. The smallest absolute Gasteiger partial charge is 0.217 e. The highest BCUT2D eigenvalue weighted by Crippen LogP contribution is 2.66. The number of nitrogens with one attached hydrogen (secondary N) is 1. The van der Waals surface area contributed by atoms with Crippen molar-refractivity contribution < 1.29 is 9.47 Å². The van der Waals surface area contributed by atoms with Crippen LogP contribution in [0.15, 0.2) is 30.3 Å². The van der Waals surface area contributed by atoms with Crippen molar-refractivity contribution in [3.63, 3.8) is 0 Å². The average Bonchev–Trinajstić information content (AvgIpc) is 2.91. The van der Waals surface area contributed by atoms with Crippen molar-refractivity contribution in [2.45, 2.75) is 63.3 Å². The Labute approximate surface area is 171 Å². The van der Waals surface area contributed by atoms with Gasteiger partial charge in [-0.05, 0) is 18.4 Å². The molecule has 5 unspecified atom stereocenters. The molecule has 1 aliphatic carbocycles. The Morgan fingerprint density at radius 1 is 1.03 bits per heavy atom. The highest BCUT2D eigenvalue weighted by atomic mass is 16.7. The predicted octanol–water partition coefficient (Wildman–Crippen LogP) is 4.41. The molecule has 1 aromatic rings. The maximum atomic E-state index is 10.4. The molecule has 0 spiro atoms. The van der Waals surface area contributed by atoms with Crippen molar-refractivity contribution in [3.8, 4) is 18.2 Å². The van der Waals surface area contributed by atoms with Crippen LogP contribution in [0.4, 0.5) is 0 Å². The molecule has 6 heteroatoms. The lowest BCUT2D eigenvalue weighted by molar-refractivity contribution is -0.289. The zero-order valence-corrected chi connectivity index (χ0v) is 16.5. The zero-order valence-electron chi connectivity index (χ0n) is 16.5. The van der Waals surface area contributed by atoms with E-state index < -0.39 is 28.6 Å². The fourth-order valence-corrected chi connectivity index (χ4v) is 5.65. The van der Waals surface area contributed by atoms with E-state index >= 15 is 0 Å². The molecule has 29 heavy (non-hydrogen) atoms. The van der Waals surface area contributed by atoms with Gasteiger partial charge in [-0.1, -0.05) is 56.5 Å². The molecule has 1 N–H and O–H groups in total. The molecule has 0 radical (unpaired) electrons. The molecule has 6 nitrogen and oxygen atoms in total. The predicted molar refractivity (Wildman–Crippen MR) is 104 cm³/mol. The molecular formula is C23H24N4O2. The standard InChI is InChI=1S/C23H24N4O2/c1-16(17-9-5-4-6-10-17)19-21(13-24,14-25)22(15-26)18-11-7-2-3-8-12-23(18,28-19)29-20(22)27/h4-6,9-10,16,18-19,27H,2-3,7-8,11-12H2,1H3. The molecule has 2 heterocycles. The van der Waals surface area contributed by atoms with Crippen molar-refractivity contribution in [2.75, 3.05) is 0 Å². The topological polar surface area (TPSA) is 114 Å². The highest BCUT2D eigenvalue weighted by molar-refractivity contribution is 5.89. The molecule has 1 saturated carbocycles. The van der Waals surface area contributed by atoms with Gasteiger partial charge in [-0.3, -0.25) is 5.41 Å². The first-order valence-corrected chi connectivity index (χ1v) is 10.3. The van der Waals surface area contributed by atoms with E-state index in [-0.39, 0.29) is 11.8 Å². The van der Waals surface area contributed by atoms with Gasteiger partial charge in [0.2, 0.25) is 11.7 Å². The molecule has 3 aliphatic rings. The van der Waals surface area contributed by atoms with Crippen LogP contribution in [0.25, 0.3) is 0 Å². The van der Waals surface area contributed by atoms with E-state index in [0.29, 0.717) is 12.8 Å². The minimum absolute atomic E-state index is 0.280. The third-order valence-electron chi connectivity index (χ3n) is 7.14. The van der Waals surface area contributed by atoms with Crippen LogP contribution in [-0.2, 0) is 9.47 Å². The Hall–Kier alpha value is -2.88. The number of hydrogen-bond donors (Lipinski definition) is 1. The first kappa shape index (κ1) is 19.4. The quantitative estimate of drug-likeness (QED) is 0.806. The minimum Gasteiger partial charge on any atom is -0.447 e. The zero-order chi connectivity index (χ0) is 20.7. The molecule has 3 fully saturated rings. The molecule has 2 aliphatic heterocycles. The normalized spacial score (nSPS) is 36.1. The fraction of sp³-hybridized carbons (Fsp3) is 0.565. The monoisotopic (exact) mass is 388 g/mol. The van der Waals surface area contributed by atoms with Crippen LogP contribution >= 0.6 is 0 Å². The van der Waals surface area contributed by atoms with Crippen molar-refractivity contribution in [1.82, 2.24) is 0 Å². The molecule has 1 aromatic carbocycles. The van der Waals surface area contributed by atoms with E-state index in [2.05, 4.69) is 18.2 Å². The van der Waals surface area contributed by atoms with Gasteiger partial charge in [0.15, 0.2) is 10.8 Å². The van der Waals surface area contributed by atoms with Gasteiger partial charge in [-0.25, -0.2) is 0 Å². The number of rotatable bonds is 2. The van der Waals surface area contributed by atoms with Crippen molar-refractivity contribution >= 4 is 5.90 Å². The molecule has 0 aromatic heterocycles. The van der Waals surface area contributed by atoms with Gasteiger partial charge in [0.1, 0.15) is 6.10 Å². The summed E-state index contributed by atoms with van der Waals surface area (Å²) in [5.41, 5.74) is -2.52. The van der Waals surface area contributed by atoms with Gasteiger partial charge in [0.05, 0.1) is 24.1 Å². The van der Waals surface area contributed by atoms with Crippen molar-refractivity contribution in [3.05, 3.63) is 35.9 Å². The van der Waals surface area contributed by atoms with Gasteiger partial charge in [-0.15, -0.1) is 0 Å². The van der Waals surface area contributed by atoms with E-state index in [1.54, 1.807) is 0 Å². The SMILES string of the molecule is CC(c1ccccc1)C1OC23CCCCCCC2C(C#N)(C(=N)O3)C1(C#N)C#N. The highest BCUT2D eigenvalue weighted by Gasteiger charge is 2.80. The third-order valence-corrected chi connectivity index (χ3v) is 7.14. The number of benzene rings is 1. The number of nitriles is 3. The average molecular weight is 388 g/mol. The van der Waals surface area contributed by atoms with Gasteiger partial charge >= 0.3 is 0 Å². The Kier molecular flexibility index (Phi) is 4.60. The maximum Gasteiger partial charge on any atom is 0.217 e. The summed E-state index contributed by atoms with van der Waals surface area (Å²) in [6.07, 6.45) is 4.08. The van der Waals surface area contributed by atoms with Crippen LogP contribution in [0.2, 0.25) is 0 Å². The summed E-state index contributed by atoms with van der Waals surface area (Å²) in [4.78, 5) is 0. The van der Waals surface area contributed by atoms with E-state index in [4.69, 9.17) is 14.9 Å². The minimum atomic E-state index is -1.82.